The van der Waals surface area contributed by atoms with Crippen molar-refractivity contribution in [1.82, 2.24) is 10.3 Å². The van der Waals surface area contributed by atoms with Gasteiger partial charge >= 0.3 is 0 Å². The van der Waals surface area contributed by atoms with Gasteiger partial charge in [0.1, 0.15) is 5.75 Å². The van der Waals surface area contributed by atoms with Crippen LogP contribution in [0.2, 0.25) is 0 Å². The molecule has 2 aromatic carbocycles. The Bertz CT molecular complexity index is 857. The number of fused-ring (bicyclic) bond motifs is 1. The van der Waals surface area contributed by atoms with Gasteiger partial charge < -0.3 is 20.8 Å². The van der Waals surface area contributed by atoms with Gasteiger partial charge in [0.15, 0.2) is 0 Å². The molecule has 0 aliphatic carbocycles. The Morgan fingerprint density at radius 2 is 2.08 bits per heavy atom. The van der Waals surface area contributed by atoms with Crippen LogP contribution in [0.3, 0.4) is 0 Å². The van der Waals surface area contributed by atoms with E-state index < -0.39 is 6.04 Å². The summed E-state index contributed by atoms with van der Waals surface area (Å²) in [6.07, 6.45) is 3.17. The molecule has 0 saturated carbocycles. The molecule has 25 heavy (non-hydrogen) atoms. The van der Waals surface area contributed by atoms with Crippen LogP contribution in [0, 0.1) is 0 Å². The molecule has 130 valence electrons. The number of methoxy groups -OCH3 is 1. The van der Waals surface area contributed by atoms with Crippen LogP contribution in [0.5, 0.6) is 5.75 Å². The maximum atomic E-state index is 12.2. The first-order valence-electron chi connectivity index (χ1n) is 8.38. The average Bonchev–Trinajstić information content (AvgIpc) is 3.05. The van der Waals surface area contributed by atoms with Crippen LogP contribution in [-0.4, -0.2) is 30.6 Å². The van der Waals surface area contributed by atoms with Gasteiger partial charge in [-0.3, -0.25) is 4.79 Å². The lowest BCUT2D eigenvalue weighted by Crippen LogP contribution is -2.42. The first kappa shape index (κ1) is 17.0. The van der Waals surface area contributed by atoms with Gasteiger partial charge in [0, 0.05) is 23.6 Å². The third-order valence-electron chi connectivity index (χ3n) is 4.30. The van der Waals surface area contributed by atoms with Gasteiger partial charge in [0.2, 0.25) is 5.91 Å². The molecule has 3 rings (SSSR count). The summed E-state index contributed by atoms with van der Waals surface area (Å²) in [7, 11) is 1.64. The molecular formula is C20H23N3O2. The molecule has 5 heteroatoms. The van der Waals surface area contributed by atoms with Gasteiger partial charge in [-0.05, 0) is 42.2 Å². The average molecular weight is 337 g/mol. The number of carbonyl (C=O) groups is 1. The molecule has 0 aliphatic rings. The summed E-state index contributed by atoms with van der Waals surface area (Å²) < 4.78 is 5.20. The maximum Gasteiger partial charge on any atom is 0.237 e. The Balaban J connectivity index is 1.52. The second-order valence-corrected chi connectivity index (χ2v) is 6.06. The zero-order valence-corrected chi connectivity index (χ0v) is 14.3. The van der Waals surface area contributed by atoms with Crippen LogP contribution >= 0.6 is 0 Å². The minimum atomic E-state index is -0.565. The molecule has 0 radical (unpaired) electrons. The molecule has 3 aromatic rings. The van der Waals surface area contributed by atoms with Gasteiger partial charge in [-0.25, -0.2) is 0 Å². The molecule has 0 fully saturated rings. The zero-order valence-electron chi connectivity index (χ0n) is 14.3. The Morgan fingerprint density at radius 1 is 1.24 bits per heavy atom. The molecule has 1 amide bonds. The summed E-state index contributed by atoms with van der Waals surface area (Å²) in [5, 5.41) is 4.03. The van der Waals surface area contributed by atoms with Crippen LogP contribution in [0.15, 0.2) is 54.7 Å². The van der Waals surface area contributed by atoms with Crippen molar-refractivity contribution in [2.75, 3.05) is 13.7 Å². The predicted octanol–water partition coefficient (Wildman–Crippen LogP) is 2.41. The Morgan fingerprint density at radius 3 is 2.92 bits per heavy atom. The number of nitrogens with one attached hydrogen (secondary N) is 2. The van der Waals surface area contributed by atoms with Crippen molar-refractivity contribution in [1.29, 1.82) is 0 Å². The Kier molecular flexibility index (Phi) is 5.36. The minimum absolute atomic E-state index is 0.131. The van der Waals surface area contributed by atoms with Crippen molar-refractivity contribution in [2.45, 2.75) is 18.9 Å². The number of hydrogen-bond acceptors (Lipinski definition) is 3. The highest BCUT2D eigenvalue weighted by Gasteiger charge is 2.15. The Labute approximate surface area is 147 Å². The summed E-state index contributed by atoms with van der Waals surface area (Å²) >= 11 is 0. The number of aromatic amines is 1. The third kappa shape index (κ3) is 4.19. The predicted molar refractivity (Wildman–Crippen MR) is 99.7 cm³/mol. The fraction of sp³-hybridized carbons (Fsp3) is 0.250. The number of para-hydroxylation sites is 1. The summed E-state index contributed by atoms with van der Waals surface area (Å²) in [6.45, 7) is 0.549. The Hall–Kier alpha value is -2.79. The number of hydrogen-bond donors (Lipinski definition) is 3. The van der Waals surface area contributed by atoms with E-state index in [0.717, 1.165) is 34.2 Å². The number of amides is 1. The van der Waals surface area contributed by atoms with E-state index in [1.54, 1.807) is 7.11 Å². The lowest BCUT2D eigenvalue weighted by atomic mass is 10.0. The lowest BCUT2D eigenvalue weighted by Gasteiger charge is -2.12. The molecular weight excluding hydrogens is 314 g/mol. The maximum absolute atomic E-state index is 12.2. The lowest BCUT2D eigenvalue weighted by molar-refractivity contribution is -0.122. The highest BCUT2D eigenvalue weighted by molar-refractivity contribution is 5.86. The van der Waals surface area contributed by atoms with Crippen LogP contribution in [0.25, 0.3) is 10.9 Å². The first-order chi connectivity index (χ1) is 12.2. The van der Waals surface area contributed by atoms with Crippen molar-refractivity contribution >= 4 is 16.8 Å². The fourth-order valence-electron chi connectivity index (χ4n) is 2.92. The van der Waals surface area contributed by atoms with Crippen LogP contribution in [0.1, 0.15) is 11.1 Å². The van der Waals surface area contributed by atoms with Gasteiger partial charge in [-0.2, -0.15) is 0 Å². The van der Waals surface area contributed by atoms with Gasteiger partial charge in [-0.15, -0.1) is 0 Å². The molecule has 1 heterocycles. The molecule has 4 N–H and O–H groups in total. The second kappa shape index (κ2) is 7.85. The number of benzene rings is 2. The first-order valence-corrected chi connectivity index (χ1v) is 8.38. The largest absolute Gasteiger partial charge is 0.497 e. The van der Waals surface area contributed by atoms with Crippen LogP contribution in [0.4, 0.5) is 0 Å². The van der Waals surface area contributed by atoms with E-state index >= 15 is 0 Å². The summed E-state index contributed by atoms with van der Waals surface area (Å²) in [4.78, 5) is 15.5. The zero-order chi connectivity index (χ0) is 17.6. The number of nitrogens with two attached hydrogens (primary N) is 1. The third-order valence-corrected chi connectivity index (χ3v) is 4.30. The molecule has 0 unspecified atom stereocenters. The highest BCUT2D eigenvalue weighted by atomic mass is 16.5. The monoisotopic (exact) mass is 337 g/mol. The topological polar surface area (TPSA) is 80.1 Å². The van der Waals surface area contributed by atoms with Crippen molar-refractivity contribution in [3.8, 4) is 5.75 Å². The van der Waals surface area contributed by atoms with Crippen molar-refractivity contribution in [3.63, 3.8) is 0 Å². The van der Waals surface area contributed by atoms with Gasteiger partial charge in [0.05, 0.1) is 13.2 Å². The van der Waals surface area contributed by atoms with E-state index in [-0.39, 0.29) is 5.91 Å². The van der Waals surface area contributed by atoms with E-state index in [4.69, 9.17) is 10.5 Å². The van der Waals surface area contributed by atoms with Crippen molar-refractivity contribution in [3.05, 3.63) is 65.9 Å². The van der Waals surface area contributed by atoms with Gasteiger partial charge in [-0.1, -0.05) is 30.3 Å². The second-order valence-electron chi connectivity index (χ2n) is 6.06. The number of rotatable bonds is 7. The molecule has 0 saturated heterocycles. The van der Waals surface area contributed by atoms with Gasteiger partial charge in [0.25, 0.3) is 0 Å². The van der Waals surface area contributed by atoms with Crippen LogP contribution < -0.4 is 15.8 Å². The fourth-order valence-corrected chi connectivity index (χ4v) is 2.92. The van der Waals surface area contributed by atoms with Crippen LogP contribution in [-0.2, 0) is 17.6 Å². The summed E-state index contributed by atoms with van der Waals surface area (Å²) in [5.41, 5.74) is 9.31. The number of ether oxygens (including phenoxy) is 1. The van der Waals surface area contributed by atoms with E-state index in [0.29, 0.717) is 13.0 Å². The molecule has 5 nitrogen and oxygen atoms in total. The highest BCUT2D eigenvalue weighted by Crippen LogP contribution is 2.18. The summed E-state index contributed by atoms with van der Waals surface area (Å²) in [5.74, 6) is 0.688. The van der Waals surface area contributed by atoms with E-state index in [2.05, 4.69) is 10.3 Å². The van der Waals surface area contributed by atoms with E-state index in [1.165, 1.54) is 0 Å². The number of aromatic nitrogens is 1. The SMILES string of the molecule is COc1cccc(CCNC(=O)[C@@H](N)Cc2c[nH]c3ccccc23)c1. The number of H-pyrrole nitrogens is 1. The van der Waals surface area contributed by atoms with E-state index in [9.17, 15) is 4.79 Å². The molecule has 1 aromatic heterocycles. The normalized spacial score (nSPS) is 12.1. The smallest absolute Gasteiger partial charge is 0.237 e. The molecule has 0 bridgehead atoms. The van der Waals surface area contributed by atoms with Crippen molar-refractivity contribution in [2.24, 2.45) is 5.73 Å². The molecule has 0 spiro atoms. The molecule has 0 aliphatic heterocycles. The standard InChI is InChI=1S/C20H23N3O2/c1-25-16-6-4-5-14(11-16)9-10-22-20(24)18(21)12-15-13-23-19-8-3-2-7-17(15)19/h2-8,11,13,18,23H,9-10,12,21H2,1H3,(H,22,24)/t18-/m0/s1. The minimum Gasteiger partial charge on any atom is -0.497 e. The van der Waals surface area contributed by atoms with Crippen molar-refractivity contribution < 1.29 is 9.53 Å². The molecule has 1 atom stereocenters. The quantitative estimate of drug-likeness (QED) is 0.619. The van der Waals surface area contributed by atoms with E-state index in [1.807, 2.05) is 54.7 Å². The number of carbonyl (C=O) groups excluding carboxylic acids is 1. The summed E-state index contributed by atoms with van der Waals surface area (Å²) in [6, 6.07) is 15.3.